The van der Waals surface area contributed by atoms with E-state index in [0.717, 1.165) is 0 Å². The molecule has 2 aromatic rings. The Morgan fingerprint density at radius 3 is 2.86 bits per heavy atom. The summed E-state index contributed by atoms with van der Waals surface area (Å²) in [6.07, 6.45) is 6.38. The second kappa shape index (κ2) is 6.74. The van der Waals surface area contributed by atoms with Gasteiger partial charge in [0.25, 0.3) is 0 Å². The lowest BCUT2D eigenvalue weighted by atomic mass is 10.2. The molecule has 0 N–H and O–H groups in total. The molecule has 2 rings (SSSR count). The number of rotatable bonds is 5. The molecule has 1 atom stereocenters. The van der Waals surface area contributed by atoms with Crippen LogP contribution in [0.3, 0.4) is 0 Å². The normalized spacial score (nSPS) is 11.9. The minimum atomic E-state index is -0.685. The Bertz CT molecular complexity index is 577. The Kier molecular flexibility index (Phi) is 4.76. The molecule has 1 unspecified atom stereocenters. The van der Waals surface area contributed by atoms with Crippen LogP contribution in [0.5, 0.6) is 0 Å². The number of methoxy groups -OCH3 is 1. The van der Waals surface area contributed by atoms with Gasteiger partial charge in [0, 0.05) is 12.4 Å². The first-order chi connectivity index (χ1) is 10.2. The third-order valence-electron chi connectivity index (χ3n) is 3.11. The number of aromatic nitrogens is 2. The van der Waals surface area contributed by atoms with Crippen molar-refractivity contribution in [2.45, 2.75) is 25.9 Å². The number of amides is 1. The van der Waals surface area contributed by atoms with E-state index >= 15 is 0 Å². The van der Waals surface area contributed by atoms with E-state index in [1.807, 2.05) is 6.92 Å². The Morgan fingerprint density at radius 1 is 1.52 bits per heavy atom. The molecule has 0 aliphatic heterocycles. The van der Waals surface area contributed by atoms with Crippen molar-refractivity contribution >= 4 is 12.0 Å². The smallest absolute Gasteiger partial charge is 0.330 e. The molecule has 2 aromatic heterocycles. The molecule has 0 aromatic carbocycles. The first-order valence-corrected chi connectivity index (χ1v) is 6.56. The highest BCUT2D eigenvalue weighted by atomic mass is 16.5. The van der Waals surface area contributed by atoms with E-state index in [4.69, 9.17) is 9.15 Å². The summed E-state index contributed by atoms with van der Waals surface area (Å²) < 4.78 is 11.4. The van der Waals surface area contributed by atoms with Crippen LogP contribution in [0.15, 0.2) is 41.5 Å². The van der Waals surface area contributed by atoms with Crippen molar-refractivity contribution in [2.24, 2.45) is 0 Å². The van der Waals surface area contributed by atoms with Gasteiger partial charge >= 0.3 is 12.0 Å². The average molecular weight is 291 g/mol. The zero-order valence-corrected chi connectivity index (χ0v) is 11.9. The number of imidazole rings is 1. The third kappa shape index (κ3) is 3.31. The van der Waals surface area contributed by atoms with Gasteiger partial charge in [0.15, 0.2) is 0 Å². The monoisotopic (exact) mass is 291 g/mol. The van der Waals surface area contributed by atoms with Crippen LogP contribution in [0.1, 0.15) is 19.1 Å². The molecule has 0 fully saturated rings. The van der Waals surface area contributed by atoms with E-state index < -0.39 is 12.0 Å². The predicted molar refractivity (Wildman–Crippen MR) is 73.4 cm³/mol. The lowest BCUT2D eigenvalue weighted by Gasteiger charge is -2.28. The van der Waals surface area contributed by atoms with Crippen molar-refractivity contribution in [3.63, 3.8) is 0 Å². The van der Waals surface area contributed by atoms with E-state index in [1.54, 1.807) is 12.1 Å². The minimum absolute atomic E-state index is 0.178. The molecule has 7 nitrogen and oxygen atoms in total. The fourth-order valence-corrected chi connectivity index (χ4v) is 2.05. The van der Waals surface area contributed by atoms with Gasteiger partial charge in [-0.25, -0.2) is 14.6 Å². The molecule has 112 valence electrons. The van der Waals surface area contributed by atoms with Gasteiger partial charge in [-0.1, -0.05) is 6.92 Å². The third-order valence-corrected chi connectivity index (χ3v) is 3.11. The maximum Gasteiger partial charge on any atom is 0.330 e. The van der Waals surface area contributed by atoms with Gasteiger partial charge in [0.05, 0.1) is 19.9 Å². The van der Waals surface area contributed by atoms with Gasteiger partial charge < -0.3 is 14.1 Å². The van der Waals surface area contributed by atoms with Crippen LogP contribution < -0.4 is 0 Å². The summed E-state index contributed by atoms with van der Waals surface area (Å²) in [5.74, 6) is 0.128. The lowest BCUT2D eigenvalue weighted by Crippen LogP contribution is -2.46. The number of carbonyl (C=O) groups is 2. The van der Waals surface area contributed by atoms with Crippen molar-refractivity contribution < 1.29 is 18.7 Å². The fraction of sp³-hybridized carbons (Fsp3) is 0.357. The zero-order valence-electron chi connectivity index (χ0n) is 11.9. The van der Waals surface area contributed by atoms with Crippen LogP contribution in [0.4, 0.5) is 4.79 Å². The van der Waals surface area contributed by atoms with Crippen molar-refractivity contribution in [1.29, 1.82) is 0 Å². The highest BCUT2D eigenvalue weighted by Gasteiger charge is 2.30. The number of hydrogen-bond donors (Lipinski definition) is 0. The van der Waals surface area contributed by atoms with Crippen LogP contribution in [-0.2, 0) is 16.1 Å². The Labute approximate surface area is 122 Å². The summed E-state index contributed by atoms with van der Waals surface area (Å²) in [7, 11) is 1.30. The van der Waals surface area contributed by atoms with E-state index in [1.165, 1.54) is 41.6 Å². The van der Waals surface area contributed by atoms with E-state index in [0.29, 0.717) is 12.2 Å². The predicted octanol–water partition coefficient (Wildman–Crippen LogP) is 1.90. The molecule has 0 spiro atoms. The van der Waals surface area contributed by atoms with Crippen LogP contribution in [0.25, 0.3) is 0 Å². The second-order valence-corrected chi connectivity index (χ2v) is 4.41. The molecular formula is C14H17N3O4. The fourth-order valence-electron chi connectivity index (χ4n) is 2.05. The summed E-state index contributed by atoms with van der Waals surface area (Å²) in [5.41, 5.74) is 0. The van der Waals surface area contributed by atoms with Crippen molar-refractivity contribution in [1.82, 2.24) is 14.5 Å². The maximum atomic E-state index is 12.6. The Hall–Kier alpha value is -2.57. The molecule has 2 heterocycles. The minimum Gasteiger partial charge on any atom is -0.467 e. The van der Waals surface area contributed by atoms with Gasteiger partial charge in [-0.15, -0.1) is 0 Å². The average Bonchev–Trinajstić information content (AvgIpc) is 3.19. The van der Waals surface area contributed by atoms with Crippen LogP contribution in [0.2, 0.25) is 0 Å². The Balaban J connectivity index is 2.28. The molecular weight excluding hydrogens is 274 g/mol. The molecule has 0 saturated heterocycles. The largest absolute Gasteiger partial charge is 0.467 e. The molecule has 21 heavy (non-hydrogen) atoms. The van der Waals surface area contributed by atoms with Crippen molar-refractivity contribution in [3.8, 4) is 0 Å². The Morgan fingerprint density at radius 2 is 2.33 bits per heavy atom. The highest BCUT2D eigenvalue weighted by Crippen LogP contribution is 2.14. The van der Waals surface area contributed by atoms with E-state index in [9.17, 15) is 9.59 Å². The number of nitrogens with zero attached hydrogens (tertiary/aromatic N) is 3. The number of carbonyl (C=O) groups excluding carboxylic acids is 2. The molecule has 0 saturated carbocycles. The summed E-state index contributed by atoms with van der Waals surface area (Å²) in [6, 6.07) is 2.43. The van der Waals surface area contributed by atoms with Gasteiger partial charge in [-0.2, -0.15) is 0 Å². The summed E-state index contributed by atoms with van der Waals surface area (Å²) in [6.45, 7) is 2.00. The molecule has 0 radical (unpaired) electrons. The van der Waals surface area contributed by atoms with Crippen molar-refractivity contribution in [2.75, 3.05) is 7.11 Å². The summed E-state index contributed by atoms with van der Waals surface area (Å²) in [5, 5.41) is 0. The molecule has 0 bridgehead atoms. The number of ether oxygens (including phenoxy) is 1. The highest BCUT2D eigenvalue weighted by molar-refractivity contribution is 5.84. The molecule has 1 amide bonds. The summed E-state index contributed by atoms with van der Waals surface area (Å²) >= 11 is 0. The maximum absolute atomic E-state index is 12.6. The van der Waals surface area contributed by atoms with Crippen LogP contribution >= 0.6 is 0 Å². The van der Waals surface area contributed by atoms with Gasteiger partial charge in [0.2, 0.25) is 0 Å². The standard InChI is InChI=1S/C14H17N3O4/c1-3-12(13(18)20-2)17(9-11-5-4-8-21-11)14(19)16-7-6-15-10-16/h4-8,10,12H,3,9H2,1-2H3. The topological polar surface area (TPSA) is 77.6 Å². The van der Waals surface area contributed by atoms with Gasteiger partial charge in [-0.05, 0) is 18.6 Å². The van der Waals surface area contributed by atoms with E-state index in [2.05, 4.69) is 4.98 Å². The number of hydrogen-bond acceptors (Lipinski definition) is 5. The second-order valence-electron chi connectivity index (χ2n) is 4.41. The number of esters is 1. The molecule has 0 aliphatic rings. The number of furan rings is 1. The van der Waals surface area contributed by atoms with Crippen LogP contribution in [0, 0.1) is 0 Å². The molecule has 0 aliphatic carbocycles. The quantitative estimate of drug-likeness (QED) is 0.786. The SMILES string of the molecule is CCC(C(=O)OC)N(Cc1ccco1)C(=O)n1ccnc1. The molecule has 7 heteroatoms. The van der Waals surface area contributed by atoms with Gasteiger partial charge in [-0.3, -0.25) is 4.57 Å². The summed E-state index contributed by atoms with van der Waals surface area (Å²) in [4.78, 5) is 29.7. The van der Waals surface area contributed by atoms with Gasteiger partial charge in [0.1, 0.15) is 18.1 Å². The van der Waals surface area contributed by atoms with Crippen molar-refractivity contribution in [3.05, 3.63) is 42.9 Å². The zero-order chi connectivity index (χ0) is 15.2. The first kappa shape index (κ1) is 14.8. The first-order valence-electron chi connectivity index (χ1n) is 6.56. The van der Waals surface area contributed by atoms with Crippen LogP contribution in [-0.4, -0.2) is 39.6 Å². The lowest BCUT2D eigenvalue weighted by molar-refractivity contribution is -0.146. The van der Waals surface area contributed by atoms with E-state index in [-0.39, 0.29) is 12.6 Å².